The highest BCUT2D eigenvalue weighted by Gasteiger charge is 2.19. The van der Waals surface area contributed by atoms with Crippen LogP contribution in [-0.4, -0.2) is 40.6 Å². The zero-order valence-electron chi connectivity index (χ0n) is 13.1. The van der Waals surface area contributed by atoms with Crippen molar-refractivity contribution in [3.63, 3.8) is 0 Å². The SMILES string of the molecule is O=C(c1csc(-c2ccco2)n1)N(CCO)CCc1ccccc1. The molecule has 0 aliphatic carbocycles. The Morgan fingerprint density at radius 1 is 1.17 bits per heavy atom. The molecule has 1 aromatic carbocycles. The maximum atomic E-state index is 12.7. The quantitative estimate of drug-likeness (QED) is 0.716. The fraction of sp³-hybridized carbons (Fsp3) is 0.222. The van der Waals surface area contributed by atoms with Gasteiger partial charge < -0.3 is 14.4 Å². The predicted molar refractivity (Wildman–Crippen MR) is 93.0 cm³/mol. The van der Waals surface area contributed by atoms with Gasteiger partial charge in [-0.3, -0.25) is 4.79 Å². The van der Waals surface area contributed by atoms with Crippen LogP contribution in [0.3, 0.4) is 0 Å². The van der Waals surface area contributed by atoms with Crippen LogP contribution in [0, 0.1) is 0 Å². The molecule has 24 heavy (non-hydrogen) atoms. The molecule has 0 atom stereocenters. The van der Waals surface area contributed by atoms with E-state index in [2.05, 4.69) is 4.98 Å². The second-order valence-corrected chi connectivity index (χ2v) is 6.12. The molecule has 3 rings (SSSR count). The zero-order chi connectivity index (χ0) is 16.8. The van der Waals surface area contributed by atoms with E-state index >= 15 is 0 Å². The van der Waals surface area contributed by atoms with Crippen LogP contribution in [0.2, 0.25) is 0 Å². The van der Waals surface area contributed by atoms with Gasteiger partial charge in [-0.1, -0.05) is 30.3 Å². The number of nitrogens with zero attached hydrogens (tertiary/aromatic N) is 2. The lowest BCUT2D eigenvalue weighted by molar-refractivity contribution is 0.0719. The van der Waals surface area contributed by atoms with Gasteiger partial charge in [-0.25, -0.2) is 4.98 Å². The van der Waals surface area contributed by atoms with Gasteiger partial charge in [0, 0.05) is 18.5 Å². The Labute approximate surface area is 144 Å². The third kappa shape index (κ3) is 3.90. The number of thiazole rings is 1. The number of carbonyl (C=O) groups is 1. The first-order chi connectivity index (χ1) is 11.8. The number of furan rings is 1. The van der Waals surface area contributed by atoms with Gasteiger partial charge in [-0.15, -0.1) is 11.3 Å². The second-order valence-electron chi connectivity index (χ2n) is 5.27. The Kier molecular flexibility index (Phi) is 5.40. The van der Waals surface area contributed by atoms with E-state index in [-0.39, 0.29) is 12.5 Å². The zero-order valence-corrected chi connectivity index (χ0v) is 13.9. The summed E-state index contributed by atoms with van der Waals surface area (Å²) < 4.78 is 5.31. The van der Waals surface area contributed by atoms with Crippen molar-refractivity contribution in [2.24, 2.45) is 0 Å². The van der Waals surface area contributed by atoms with Gasteiger partial charge in [0.05, 0.1) is 12.9 Å². The number of aliphatic hydroxyl groups is 1. The average Bonchev–Trinajstić information content (AvgIpc) is 3.30. The molecule has 0 saturated heterocycles. The smallest absolute Gasteiger partial charge is 0.273 e. The largest absolute Gasteiger partial charge is 0.462 e. The first kappa shape index (κ1) is 16.4. The molecular weight excluding hydrogens is 324 g/mol. The van der Waals surface area contributed by atoms with Gasteiger partial charge in [0.25, 0.3) is 5.91 Å². The summed E-state index contributed by atoms with van der Waals surface area (Å²) in [5, 5.41) is 11.7. The van der Waals surface area contributed by atoms with Crippen molar-refractivity contribution in [3.8, 4) is 10.8 Å². The molecule has 0 aliphatic rings. The van der Waals surface area contributed by atoms with Crippen molar-refractivity contribution in [1.82, 2.24) is 9.88 Å². The van der Waals surface area contributed by atoms with Gasteiger partial charge in [0.15, 0.2) is 10.8 Å². The molecule has 0 aliphatic heterocycles. The van der Waals surface area contributed by atoms with Crippen molar-refractivity contribution < 1.29 is 14.3 Å². The third-order valence-corrected chi connectivity index (χ3v) is 4.48. The molecule has 5 nitrogen and oxygen atoms in total. The fourth-order valence-corrected chi connectivity index (χ4v) is 3.15. The minimum absolute atomic E-state index is 0.0737. The summed E-state index contributed by atoms with van der Waals surface area (Å²) in [5.41, 5.74) is 1.54. The maximum Gasteiger partial charge on any atom is 0.273 e. The predicted octanol–water partition coefficient (Wildman–Crippen LogP) is 3.08. The van der Waals surface area contributed by atoms with E-state index in [4.69, 9.17) is 4.42 Å². The first-order valence-corrected chi connectivity index (χ1v) is 8.59. The summed E-state index contributed by atoms with van der Waals surface area (Å²) >= 11 is 1.37. The van der Waals surface area contributed by atoms with E-state index < -0.39 is 0 Å². The number of carbonyl (C=O) groups excluding carboxylic acids is 1. The first-order valence-electron chi connectivity index (χ1n) is 7.71. The topological polar surface area (TPSA) is 66.6 Å². The van der Waals surface area contributed by atoms with E-state index in [9.17, 15) is 9.90 Å². The van der Waals surface area contributed by atoms with E-state index in [1.54, 1.807) is 22.6 Å². The molecule has 0 spiro atoms. The molecule has 0 unspecified atom stereocenters. The molecule has 2 heterocycles. The summed E-state index contributed by atoms with van der Waals surface area (Å²) in [7, 11) is 0. The standard InChI is InChI=1S/C18H18N2O3S/c21-11-10-20(9-8-14-5-2-1-3-6-14)18(22)15-13-24-17(19-15)16-7-4-12-23-16/h1-7,12-13,21H,8-11H2. The lowest BCUT2D eigenvalue weighted by Crippen LogP contribution is -2.35. The van der Waals surface area contributed by atoms with Crippen LogP contribution in [0.5, 0.6) is 0 Å². The third-order valence-electron chi connectivity index (χ3n) is 3.63. The van der Waals surface area contributed by atoms with Crippen molar-refractivity contribution in [2.75, 3.05) is 19.7 Å². The van der Waals surface area contributed by atoms with Gasteiger partial charge in [0.1, 0.15) is 5.69 Å². The number of amides is 1. The van der Waals surface area contributed by atoms with Gasteiger partial charge in [-0.05, 0) is 24.1 Å². The minimum atomic E-state index is -0.172. The highest BCUT2D eigenvalue weighted by atomic mass is 32.1. The van der Waals surface area contributed by atoms with Crippen LogP contribution >= 0.6 is 11.3 Å². The van der Waals surface area contributed by atoms with Crippen LogP contribution < -0.4 is 0 Å². The Bertz CT molecular complexity index is 769. The molecule has 2 aromatic heterocycles. The molecule has 124 valence electrons. The van der Waals surface area contributed by atoms with Crippen LogP contribution in [-0.2, 0) is 6.42 Å². The molecular formula is C18H18N2O3S. The molecule has 0 radical (unpaired) electrons. The number of benzene rings is 1. The fourth-order valence-electron chi connectivity index (χ4n) is 2.39. The normalized spacial score (nSPS) is 10.7. The van der Waals surface area contributed by atoms with Crippen LogP contribution in [0.1, 0.15) is 16.1 Å². The highest BCUT2D eigenvalue weighted by Crippen LogP contribution is 2.24. The molecule has 0 bridgehead atoms. The molecule has 0 fully saturated rings. The Morgan fingerprint density at radius 2 is 2.00 bits per heavy atom. The molecule has 0 saturated carbocycles. The summed E-state index contributed by atoms with van der Waals surface area (Å²) in [5.74, 6) is 0.478. The maximum absolute atomic E-state index is 12.7. The number of hydrogen-bond donors (Lipinski definition) is 1. The van der Waals surface area contributed by atoms with Crippen molar-refractivity contribution in [1.29, 1.82) is 0 Å². The molecule has 3 aromatic rings. The van der Waals surface area contributed by atoms with Crippen LogP contribution in [0.15, 0.2) is 58.5 Å². The van der Waals surface area contributed by atoms with Crippen LogP contribution in [0.25, 0.3) is 10.8 Å². The van der Waals surface area contributed by atoms with E-state index in [0.717, 1.165) is 12.0 Å². The Balaban J connectivity index is 1.70. The summed E-state index contributed by atoms with van der Waals surface area (Å²) in [6.45, 7) is 0.756. The second kappa shape index (κ2) is 7.90. The number of aromatic nitrogens is 1. The van der Waals surface area contributed by atoms with Gasteiger partial charge in [0.2, 0.25) is 0 Å². The number of rotatable bonds is 7. The monoisotopic (exact) mass is 342 g/mol. The van der Waals surface area contributed by atoms with E-state index in [1.165, 1.54) is 11.3 Å². The van der Waals surface area contributed by atoms with E-state index in [0.29, 0.717) is 29.6 Å². The Morgan fingerprint density at radius 3 is 2.71 bits per heavy atom. The summed E-state index contributed by atoms with van der Waals surface area (Å²) in [4.78, 5) is 18.7. The van der Waals surface area contributed by atoms with Crippen molar-refractivity contribution in [2.45, 2.75) is 6.42 Å². The van der Waals surface area contributed by atoms with Crippen molar-refractivity contribution >= 4 is 17.2 Å². The lowest BCUT2D eigenvalue weighted by Gasteiger charge is -2.20. The van der Waals surface area contributed by atoms with E-state index in [1.807, 2.05) is 36.4 Å². The summed E-state index contributed by atoms with van der Waals surface area (Å²) in [6, 6.07) is 13.6. The minimum Gasteiger partial charge on any atom is -0.462 e. The number of aliphatic hydroxyl groups excluding tert-OH is 1. The summed E-state index contributed by atoms with van der Waals surface area (Å²) in [6.07, 6.45) is 2.32. The molecule has 6 heteroatoms. The lowest BCUT2D eigenvalue weighted by atomic mass is 10.1. The van der Waals surface area contributed by atoms with Gasteiger partial charge in [-0.2, -0.15) is 0 Å². The van der Waals surface area contributed by atoms with Crippen molar-refractivity contribution in [3.05, 3.63) is 65.4 Å². The Hall–Kier alpha value is -2.44. The van der Waals surface area contributed by atoms with Crippen LogP contribution in [0.4, 0.5) is 0 Å². The average molecular weight is 342 g/mol. The number of hydrogen-bond acceptors (Lipinski definition) is 5. The molecule has 1 N–H and O–H groups in total. The highest BCUT2D eigenvalue weighted by molar-refractivity contribution is 7.13. The van der Waals surface area contributed by atoms with Gasteiger partial charge >= 0.3 is 0 Å². The molecule has 1 amide bonds.